The molecule has 0 atom stereocenters. The quantitative estimate of drug-likeness (QED) is 0.758. The molecule has 1 aliphatic rings. The van der Waals surface area contributed by atoms with E-state index in [1.807, 2.05) is 32.0 Å². The van der Waals surface area contributed by atoms with Crippen molar-refractivity contribution in [1.29, 1.82) is 0 Å². The predicted molar refractivity (Wildman–Crippen MR) is 92.7 cm³/mol. The van der Waals surface area contributed by atoms with E-state index in [4.69, 9.17) is 4.74 Å². The summed E-state index contributed by atoms with van der Waals surface area (Å²) >= 11 is 0. The second-order valence-electron chi connectivity index (χ2n) is 6.50. The van der Waals surface area contributed by atoms with E-state index in [0.29, 0.717) is 18.1 Å². The number of benzene rings is 1. The molecule has 0 saturated heterocycles. The molecule has 3 heteroatoms. The van der Waals surface area contributed by atoms with Crippen LogP contribution in [0.3, 0.4) is 0 Å². The van der Waals surface area contributed by atoms with Crippen molar-refractivity contribution in [2.75, 3.05) is 6.61 Å². The molecule has 0 spiro atoms. The Labute approximate surface area is 138 Å². The first-order valence-corrected chi connectivity index (χ1v) is 8.76. The van der Waals surface area contributed by atoms with E-state index >= 15 is 0 Å². The number of pyridine rings is 1. The highest BCUT2D eigenvalue weighted by Crippen LogP contribution is 2.32. The van der Waals surface area contributed by atoms with Gasteiger partial charge in [-0.15, -0.1) is 0 Å². The molecule has 3 nitrogen and oxygen atoms in total. The third-order valence-electron chi connectivity index (χ3n) is 4.88. The summed E-state index contributed by atoms with van der Waals surface area (Å²) in [6.07, 6.45) is 7.44. The average Bonchev–Trinajstić information content (AvgIpc) is 2.56. The molecule has 23 heavy (non-hydrogen) atoms. The molecule has 2 aromatic rings. The summed E-state index contributed by atoms with van der Waals surface area (Å²) in [5, 5.41) is 1.10. The highest BCUT2D eigenvalue weighted by atomic mass is 16.5. The number of nitrogens with zero attached hydrogens (tertiary/aromatic N) is 1. The number of carbonyl (C=O) groups excluding carboxylic acids is 1. The lowest BCUT2D eigenvalue weighted by atomic mass is 9.82. The van der Waals surface area contributed by atoms with Crippen LogP contribution in [0, 0.1) is 12.8 Å². The molecule has 1 aromatic carbocycles. The van der Waals surface area contributed by atoms with Gasteiger partial charge >= 0.3 is 5.97 Å². The van der Waals surface area contributed by atoms with Crippen molar-refractivity contribution in [3.05, 3.63) is 41.1 Å². The predicted octanol–water partition coefficient (Wildman–Crippen LogP) is 4.84. The smallest absolute Gasteiger partial charge is 0.340 e. The summed E-state index contributed by atoms with van der Waals surface area (Å²) in [4.78, 5) is 17.1. The van der Waals surface area contributed by atoms with E-state index in [2.05, 4.69) is 11.1 Å². The molecule has 122 valence electrons. The number of ether oxygens (including phenoxy) is 1. The zero-order valence-electron chi connectivity index (χ0n) is 14.1. The third-order valence-corrected chi connectivity index (χ3v) is 4.88. The summed E-state index contributed by atoms with van der Waals surface area (Å²) in [6.45, 7) is 4.17. The molecule has 0 aliphatic heterocycles. The molecule has 1 fully saturated rings. The maximum atomic E-state index is 12.5. The summed E-state index contributed by atoms with van der Waals surface area (Å²) in [5.41, 5.74) is 3.59. The van der Waals surface area contributed by atoms with Gasteiger partial charge in [0, 0.05) is 5.39 Å². The van der Waals surface area contributed by atoms with Crippen LogP contribution in [0.4, 0.5) is 0 Å². The van der Waals surface area contributed by atoms with Gasteiger partial charge in [-0.3, -0.25) is 4.98 Å². The van der Waals surface area contributed by atoms with Crippen molar-refractivity contribution in [3.63, 3.8) is 0 Å². The van der Waals surface area contributed by atoms with Crippen molar-refractivity contribution in [2.24, 2.45) is 5.92 Å². The van der Waals surface area contributed by atoms with Gasteiger partial charge in [-0.05, 0) is 37.8 Å². The van der Waals surface area contributed by atoms with Crippen LogP contribution in [-0.4, -0.2) is 17.6 Å². The van der Waals surface area contributed by atoms with Crippen LogP contribution >= 0.6 is 0 Å². The van der Waals surface area contributed by atoms with E-state index in [0.717, 1.165) is 28.6 Å². The van der Waals surface area contributed by atoms with Crippen LogP contribution in [0.5, 0.6) is 0 Å². The summed E-state index contributed by atoms with van der Waals surface area (Å²) < 4.78 is 5.31. The Kier molecular flexibility index (Phi) is 4.94. The molecule has 1 heterocycles. The molecular weight excluding hydrogens is 286 g/mol. The molecule has 1 aliphatic carbocycles. The Morgan fingerprint density at radius 1 is 1.22 bits per heavy atom. The number of rotatable bonds is 4. The van der Waals surface area contributed by atoms with Gasteiger partial charge < -0.3 is 4.74 Å². The van der Waals surface area contributed by atoms with Gasteiger partial charge in [0.15, 0.2) is 0 Å². The second-order valence-corrected chi connectivity index (χ2v) is 6.50. The van der Waals surface area contributed by atoms with Gasteiger partial charge in [0.1, 0.15) is 0 Å². The molecule has 1 aromatic heterocycles. The Morgan fingerprint density at radius 2 is 1.96 bits per heavy atom. The Morgan fingerprint density at radius 3 is 2.70 bits per heavy atom. The fraction of sp³-hybridized carbons (Fsp3) is 0.500. The van der Waals surface area contributed by atoms with E-state index in [-0.39, 0.29) is 5.97 Å². The number of hydrogen-bond acceptors (Lipinski definition) is 3. The van der Waals surface area contributed by atoms with Gasteiger partial charge in [0.2, 0.25) is 0 Å². The van der Waals surface area contributed by atoms with Gasteiger partial charge in [-0.1, -0.05) is 50.3 Å². The first-order valence-electron chi connectivity index (χ1n) is 8.76. The van der Waals surface area contributed by atoms with Crippen LogP contribution in [0.15, 0.2) is 24.3 Å². The average molecular weight is 311 g/mol. The second kappa shape index (κ2) is 7.12. The van der Waals surface area contributed by atoms with Gasteiger partial charge in [0.05, 0.1) is 23.4 Å². The summed E-state index contributed by atoms with van der Waals surface area (Å²) in [6, 6.07) is 8.14. The maximum absolute atomic E-state index is 12.5. The molecule has 0 radical (unpaired) electrons. The van der Waals surface area contributed by atoms with Crippen molar-refractivity contribution in [2.45, 2.75) is 52.4 Å². The Hall–Kier alpha value is -1.90. The minimum Gasteiger partial charge on any atom is -0.462 e. The van der Waals surface area contributed by atoms with Crippen molar-refractivity contribution >= 4 is 16.9 Å². The number of para-hydroxylation sites is 1. The van der Waals surface area contributed by atoms with Gasteiger partial charge in [-0.25, -0.2) is 4.79 Å². The first kappa shape index (κ1) is 16.0. The normalized spacial score (nSPS) is 15.7. The van der Waals surface area contributed by atoms with E-state index in [9.17, 15) is 4.79 Å². The number of carbonyl (C=O) groups is 1. The molecule has 3 rings (SSSR count). The lowest BCUT2D eigenvalue weighted by Gasteiger charge is -2.24. The molecule has 1 saturated carbocycles. The van der Waals surface area contributed by atoms with E-state index < -0.39 is 0 Å². The zero-order valence-corrected chi connectivity index (χ0v) is 14.1. The SMILES string of the molecule is CCOC(=O)c1c(C)nc2ccccc2c1CC1CCCCC1. The summed E-state index contributed by atoms with van der Waals surface area (Å²) in [7, 11) is 0. The standard InChI is InChI=1S/C20H25NO2/c1-3-23-20(22)19-14(2)21-18-12-8-7-11-16(18)17(19)13-15-9-5-4-6-10-15/h7-8,11-12,15H,3-6,9-10,13H2,1-2H3. The fourth-order valence-corrected chi connectivity index (χ4v) is 3.78. The van der Waals surface area contributed by atoms with Crippen LogP contribution < -0.4 is 0 Å². The molecule has 0 unspecified atom stereocenters. The monoisotopic (exact) mass is 311 g/mol. The third kappa shape index (κ3) is 3.39. The van der Waals surface area contributed by atoms with Gasteiger partial charge in [-0.2, -0.15) is 0 Å². The van der Waals surface area contributed by atoms with E-state index in [1.54, 1.807) is 0 Å². The maximum Gasteiger partial charge on any atom is 0.340 e. The topological polar surface area (TPSA) is 39.2 Å². The molecular formula is C20H25NO2. The number of esters is 1. The Bertz CT molecular complexity index is 702. The lowest BCUT2D eigenvalue weighted by Crippen LogP contribution is -2.16. The van der Waals surface area contributed by atoms with Crippen LogP contribution in [0.1, 0.15) is 60.6 Å². The van der Waals surface area contributed by atoms with Gasteiger partial charge in [0.25, 0.3) is 0 Å². The first-order chi connectivity index (χ1) is 11.2. The number of hydrogen-bond donors (Lipinski definition) is 0. The van der Waals surface area contributed by atoms with Crippen LogP contribution in [-0.2, 0) is 11.2 Å². The van der Waals surface area contributed by atoms with Crippen molar-refractivity contribution < 1.29 is 9.53 Å². The minimum atomic E-state index is -0.228. The number of aryl methyl sites for hydroxylation is 1. The summed E-state index contributed by atoms with van der Waals surface area (Å²) in [5.74, 6) is 0.441. The number of aromatic nitrogens is 1. The van der Waals surface area contributed by atoms with Crippen LogP contribution in [0.2, 0.25) is 0 Å². The minimum absolute atomic E-state index is 0.228. The lowest BCUT2D eigenvalue weighted by molar-refractivity contribution is 0.0523. The largest absolute Gasteiger partial charge is 0.462 e. The molecule has 0 bridgehead atoms. The van der Waals surface area contributed by atoms with Crippen molar-refractivity contribution in [1.82, 2.24) is 4.98 Å². The highest BCUT2D eigenvalue weighted by Gasteiger charge is 2.23. The molecule has 0 N–H and O–H groups in total. The molecule has 0 amide bonds. The van der Waals surface area contributed by atoms with Crippen LogP contribution in [0.25, 0.3) is 10.9 Å². The fourth-order valence-electron chi connectivity index (χ4n) is 3.78. The number of fused-ring (bicyclic) bond motifs is 1. The van der Waals surface area contributed by atoms with Crippen molar-refractivity contribution in [3.8, 4) is 0 Å². The Balaban J connectivity index is 2.09. The zero-order chi connectivity index (χ0) is 16.2. The highest BCUT2D eigenvalue weighted by molar-refractivity contribution is 5.98. The van der Waals surface area contributed by atoms with E-state index in [1.165, 1.54) is 32.1 Å².